The van der Waals surface area contributed by atoms with Gasteiger partial charge in [0.25, 0.3) is 0 Å². The summed E-state index contributed by atoms with van der Waals surface area (Å²) in [6, 6.07) is 5.71. The zero-order chi connectivity index (χ0) is 11.7. The quantitative estimate of drug-likeness (QED) is 0.738. The number of amides is 1. The Hall–Kier alpha value is -1.71. The normalized spacial score (nSPS) is 14.1. The van der Waals surface area contributed by atoms with Crippen LogP contribution in [0.25, 0.3) is 0 Å². The van der Waals surface area contributed by atoms with Gasteiger partial charge < -0.3 is 10.5 Å². The number of carbonyl (C=O) groups is 1. The molecule has 0 bridgehead atoms. The van der Waals surface area contributed by atoms with Crippen molar-refractivity contribution in [3.63, 3.8) is 0 Å². The van der Waals surface area contributed by atoms with Gasteiger partial charge in [0.2, 0.25) is 0 Å². The molecular weight excluding hydrogens is 204 g/mol. The molecule has 0 atom stereocenters. The highest BCUT2D eigenvalue weighted by Crippen LogP contribution is 2.33. The van der Waals surface area contributed by atoms with Gasteiger partial charge in [0, 0.05) is 6.54 Å². The van der Waals surface area contributed by atoms with E-state index in [4.69, 9.17) is 10.5 Å². The van der Waals surface area contributed by atoms with Crippen molar-refractivity contribution in [2.75, 3.05) is 17.2 Å². The minimum atomic E-state index is -0.313. The van der Waals surface area contributed by atoms with Crippen LogP contribution in [0.1, 0.15) is 19.4 Å². The van der Waals surface area contributed by atoms with Crippen LogP contribution < -0.4 is 10.6 Å². The number of nitrogens with zero attached hydrogens (tertiary/aromatic N) is 1. The number of nitrogen functional groups attached to an aromatic ring is 1. The number of hydrogen-bond acceptors (Lipinski definition) is 3. The van der Waals surface area contributed by atoms with E-state index < -0.39 is 0 Å². The van der Waals surface area contributed by atoms with Crippen LogP contribution in [0, 0.1) is 0 Å². The van der Waals surface area contributed by atoms with E-state index in [1.54, 1.807) is 11.0 Å². The summed E-state index contributed by atoms with van der Waals surface area (Å²) in [5, 5.41) is 0. The van der Waals surface area contributed by atoms with Gasteiger partial charge in [-0.3, -0.25) is 4.90 Å². The Kier molecular flexibility index (Phi) is 2.73. The van der Waals surface area contributed by atoms with Gasteiger partial charge in [-0.15, -0.1) is 0 Å². The molecule has 1 aliphatic heterocycles. The fourth-order valence-corrected chi connectivity index (χ4v) is 1.93. The third kappa shape index (κ3) is 1.83. The number of nitrogens with two attached hydrogens (primary N) is 1. The minimum Gasteiger partial charge on any atom is -0.446 e. The first-order chi connectivity index (χ1) is 7.59. The van der Waals surface area contributed by atoms with Gasteiger partial charge in [0.15, 0.2) is 0 Å². The lowest BCUT2D eigenvalue weighted by atomic mass is 10.1. The molecule has 1 aromatic rings. The zero-order valence-corrected chi connectivity index (χ0v) is 9.56. The van der Waals surface area contributed by atoms with Gasteiger partial charge >= 0.3 is 6.09 Å². The Bertz CT molecular complexity index is 415. The fraction of sp³-hybridized carbons (Fsp3) is 0.417. The Balaban J connectivity index is 2.26. The van der Waals surface area contributed by atoms with Gasteiger partial charge in [-0.1, -0.05) is 12.1 Å². The third-order valence-corrected chi connectivity index (χ3v) is 2.58. The molecule has 4 heteroatoms. The number of benzene rings is 1. The van der Waals surface area contributed by atoms with Crippen molar-refractivity contribution in [2.45, 2.75) is 26.4 Å². The average molecular weight is 220 g/mol. The zero-order valence-electron chi connectivity index (χ0n) is 9.56. The molecule has 86 valence electrons. The Labute approximate surface area is 95.0 Å². The highest BCUT2D eigenvalue weighted by molar-refractivity contribution is 5.94. The summed E-state index contributed by atoms with van der Waals surface area (Å²) in [4.78, 5) is 13.4. The molecular formula is C12H16N2O2. The first-order valence-corrected chi connectivity index (χ1v) is 5.45. The van der Waals surface area contributed by atoms with Crippen LogP contribution in [0.2, 0.25) is 0 Å². The van der Waals surface area contributed by atoms with Crippen LogP contribution in [0.15, 0.2) is 18.2 Å². The van der Waals surface area contributed by atoms with Crippen molar-refractivity contribution < 1.29 is 9.53 Å². The first kappa shape index (κ1) is 10.8. The molecule has 0 radical (unpaired) electrons. The van der Waals surface area contributed by atoms with Crippen molar-refractivity contribution >= 4 is 17.5 Å². The first-order valence-electron chi connectivity index (χ1n) is 5.45. The van der Waals surface area contributed by atoms with Crippen molar-refractivity contribution in [3.8, 4) is 0 Å². The van der Waals surface area contributed by atoms with Crippen LogP contribution in [-0.4, -0.2) is 18.7 Å². The van der Waals surface area contributed by atoms with Gasteiger partial charge in [0.05, 0.1) is 17.5 Å². The van der Waals surface area contributed by atoms with Gasteiger partial charge in [-0.2, -0.15) is 0 Å². The van der Waals surface area contributed by atoms with Gasteiger partial charge in [0.1, 0.15) is 0 Å². The van der Waals surface area contributed by atoms with Crippen molar-refractivity contribution in [3.05, 3.63) is 23.8 Å². The second-order valence-electron chi connectivity index (χ2n) is 4.19. The van der Waals surface area contributed by atoms with Crippen molar-refractivity contribution in [1.29, 1.82) is 0 Å². The van der Waals surface area contributed by atoms with Crippen LogP contribution in [-0.2, 0) is 11.2 Å². The molecule has 1 aromatic carbocycles. The van der Waals surface area contributed by atoms with Crippen LogP contribution >= 0.6 is 0 Å². The molecule has 1 heterocycles. The predicted octanol–water partition coefficient (Wildman–Crippen LogP) is 2.18. The van der Waals surface area contributed by atoms with E-state index in [1.165, 1.54) is 0 Å². The SMILES string of the molecule is CC(C)OC(=O)N1CCc2cccc(N)c21. The number of ether oxygens (including phenoxy) is 1. The second-order valence-corrected chi connectivity index (χ2v) is 4.19. The summed E-state index contributed by atoms with van der Waals surface area (Å²) in [7, 11) is 0. The van der Waals surface area contributed by atoms with Crippen LogP contribution in [0.5, 0.6) is 0 Å². The number of hydrogen-bond donors (Lipinski definition) is 1. The lowest BCUT2D eigenvalue weighted by Gasteiger charge is -2.19. The Morgan fingerprint density at radius 3 is 2.94 bits per heavy atom. The lowest BCUT2D eigenvalue weighted by Crippen LogP contribution is -2.31. The van der Waals surface area contributed by atoms with E-state index >= 15 is 0 Å². The summed E-state index contributed by atoms with van der Waals surface area (Å²) >= 11 is 0. The molecule has 16 heavy (non-hydrogen) atoms. The molecule has 1 amide bonds. The molecule has 0 saturated heterocycles. The summed E-state index contributed by atoms with van der Waals surface area (Å²) in [6.07, 6.45) is 0.418. The maximum Gasteiger partial charge on any atom is 0.414 e. The lowest BCUT2D eigenvalue weighted by molar-refractivity contribution is 0.123. The molecule has 0 fully saturated rings. The summed E-state index contributed by atoms with van der Waals surface area (Å²) in [5.41, 5.74) is 8.44. The molecule has 1 aliphatic rings. The molecule has 0 unspecified atom stereocenters. The second kappa shape index (κ2) is 4.04. The molecule has 4 nitrogen and oxygen atoms in total. The maximum atomic E-state index is 11.8. The minimum absolute atomic E-state index is 0.110. The monoisotopic (exact) mass is 220 g/mol. The Morgan fingerprint density at radius 1 is 1.50 bits per heavy atom. The number of anilines is 2. The standard InChI is InChI=1S/C12H16N2O2/c1-8(2)16-12(15)14-7-6-9-4-3-5-10(13)11(9)14/h3-5,8H,6-7,13H2,1-2H3. The molecule has 0 spiro atoms. The summed E-state index contributed by atoms with van der Waals surface area (Å²) in [6.45, 7) is 4.32. The highest BCUT2D eigenvalue weighted by atomic mass is 16.6. The smallest absolute Gasteiger partial charge is 0.414 e. The molecule has 0 saturated carbocycles. The average Bonchev–Trinajstić information content (AvgIpc) is 2.61. The summed E-state index contributed by atoms with van der Waals surface area (Å²) < 4.78 is 5.18. The molecule has 2 N–H and O–H groups in total. The van der Waals surface area contributed by atoms with Crippen LogP contribution in [0.3, 0.4) is 0 Å². The maximum absolute atomic E-state index is 11.8. The third-order valence-electron chi connectivity index (χ3n) is 2.58. The van der Waals surface area contributed by atoms with E-state index in [2.05, 4.69) is 0 Å². The van der Waals surface area contributed by atoms with Crippen molar-refractivity contribution in [1.82, 2.24) is 0 Å². The molecule has 0 aliphatic carbocycles. The Morgan fingerprint density at radius 2 is 2.25 bits per heavy atom. The number of rotatable bonds is 1. The van der Waals surface area contributed by atoms with E-state index in [1.807, 2.05) is 26.0 Å². The molecule has 0 aromatic heterocycles. The number of para-hydroxylation sites is 1. The van der Waals surface area contributed by atoms with E-state index in [-0.39, 0.29) is 12.2 Å². The topological polar surface area (TPSA) is 55.6 Å². The van der Waals surface area contributed by atoms with E-state index in [9.17, 15) is 4.79 Å². The van der Waals surface area contributed by atoms with E-state index in [0.717, 1.165) is 17.7 Å². The highest BCUT2D eigenvalue weighted by Gasteiger charge is 2.27. The van der Waals surface area contributed by atoms with Crippen molar-refractivity contribution in [2.24, 2.45) is 0 Å². The largest absolute Gasteiger partial charge is 0.446 e. The van der Waals surface area contributed by atoms with E-state index in [0.29, 0.717) is 12.2 Å². The number of fused-ring (bicyclic) bond motifs is 1. The number of carbonyl (C=O) groups excluding carboxylic acids is 1. The van der Waals surface area contributed by atoms with Gasteiger partial charge in [-0.25, -0.2) is 4.79 Å². The fourth-order valence-electron chi connectivity index (χ4n) is 1.93. The van der Waals surface area contributed by atoms with Gasteiger partial charge in [-0.05, 0) is 31.9 Å². The molecule has 2 rings (SSSR count). The van der Waals surface area contributed by atoms with Crippen LogP contribution in [0.4, 0.5) is 16.2 Å². The summed E-state index contributed by atoms with van der Waals surface area (Å²) in [5.74, 6) is 0. The predicted molar refractivity (Wildman–Crippen MR) is 63.5 cm³/mol.